The summed E-state index contributed by atoms with van der Waals surface area (Å²) in [7, 11) is 1.50. The fourth-order valence-corrected chi connectivity index (χ4v) is 1.53. The van der Waals surface area contributed by atoms with Crippen LogP contribution in [0, 0.1) is 5.82 Å². The Kier molecular flexibility index (Phi) is 5.06. The SMILES string of the molecule is CN(CC(=O)O)CC(=O)Nc1ccc(F)cc1Cl. The average Bonchev–Trinajstić information content (AvgIpc) is 2.20. The Hall–Kier alpha value is -1.66. The van der Waals surface area contributed by atoms with Crippen molar-refractivity contribution >= 4 is 29.2 Å². The number of likely N-dealkylation sites (N-methyl/N-ethyl adjacent to an activating group) is 1. The Morgan fingerprint density at radius 1 is 1.44 bits per heavy atom. The molecule has 0 radical (unpaired) electrons. The van der Waals surface area contributed by atoms with Crippen LogP contribution in [0.25, 0.3) is 0 Å². The zero-order valence-electron chi connectivity index (χ0n) is 9.61. The van der Waals surface area contributed by atoms with Crippen LogP contribution in [0.3, 0.4) is 0 Å². The molecule has 0 saturated carbocycles. The molecule has 1 rings (SSSR count). The third-order valence-electron chi connectivity index (χ3n) is 2.02. The maximum atomic E-state index is 12.8. The quantitative estimate of drug-likeness (QED) is 0.852. The fourth-order valence-electron chi connectivity index (χ4n) is 1.31. The van der Waals surface area contributed by atoms with Crippen LogP contribution in [0.1, 0.15) is 0 Å². The zero-order chi connectivity index (χ0) is 13.7. The number of hydrogen-bond donors (Lipinski definition) is 2. The van der Waals surface area contributed by atoms with Crippen molar-refractivity contribution < 1.29 is 19.1 Å². The van der Waals surface area contributed by atoms with Crippen molar-refractivity contribution in [3.63, 3.8) is 0 Å². The second-order valence-corrected chi connectivity index (χ2v) is 4.15. The van der Waals surface area contributed by atoms with Crippen LogP contribution in [-0.2, 0) is 9.59 Å². The topological polar surface area (TPSA) is 69.6 Å². The van der Waals surface area contributed by atoms with Gasteiger partial charge in [0.05, 0.1) is 23.8 Å². The first-order chi connectivity index (χ1) is 8.38. The van der Waals surface area contributed by atoms with Crippen LogP contribution in [0.15, 0.2) is 18.2 Å². The van der Waals surface area contributed by atoms with Crippen molar-refractivity contribution in [2.24, 2.45) is 0 Å². The zero-order valence-corrected chi connectivity index (χ0v) is 10.4. The van der Waals surface area contributed by atoms with Crippen molar-refractivity contribution in [3.8, 4) is 0 Å². The summed E-state index contributed by atoms with van der Waals surface area (Å²) in [5.41, 5.74) is 0.284. The van der Waals surface area contributed by atoms with Crippen molar-refractivity contribution in [3.05, 3.63) is 29.0 Å². The maximum absolute atomic E-state index is 12.8. The molecule has 0 heterocycles. The van der Waals surface area contributed by atoms with Gasteiger partial charge in [0, 0.05) is 0 Å². The van der Waals surface area contributed by atoms with E-state index >= 15 is 0 Å². The first-order valence-electron chi connectivity index (χ1n) is 5.03. The van der Waals surface area contributed by atoms with Gasteiger partial charge in [-0.05, 0) is 25.2 Å². The van der Waals surface area contributed by atoms with Gasteiger partial charge in [-0.3, -0.25) is 14.5 Å². The monoisotopic (exact) mass is 274 g/mol. The second-order valence-electron chi connectivity index (χ2n) is 3.74. The Labute approximate surface area is 108 Å². The van der Waals surface area contributed by atoms with Crippen LogP contribution >= 0.6 is 11.6 Å². The van der Waals surface area contributed by atoms with Gasteiger partial charge in [-0.15, -0.1) is 0 Å². The van der Waals surface area contributed by atoms with E-state index in [1.807, 2.05) is 0 Å². The Bertz CT molecular complexity index is 468. The van der Waals surface area contributed by atoms with Gasteiger partial charge in [0.25, 0.3) is 0 Å². The number of carboxylic acid groups (broad SMARTS) is 1. The lowest BCUT2D eigenvalue weighted by Crippen LogP contribution is -2.33. The predicted molar refractivity (Wildman–Crippen MR) is 65.2 cm³/mol. The van der Waals surface area contributed by atoms with Crippen LogP contribution in [0.4, 0.5) is 10.1 Å². The molecule has 0 aromatic heterocycles. The van der Waals surface area contributed by atoms with Crippen LogP contribution < -0.4 is 5.32 Å². The number of rotatable bonds is 5. The summed E-state index contributed by atoms with van der Waals surface area (Å²) in [6.07, 6.45) is 0. The molecule has 1 aromatic carbocycles. The van der Waals surface area contributed by atoms with E-state index in [1.54, 1.807) is 0 Å². The molecule has 0 saturated heterocycles. The number of carbonyl (C=O) groups excluding carboxylic acids is 1. The minimum absolute atomic E-state index is 0.0873. The number of nitrogens with one attached hydrogen (secondary N) is 1. The highest BCUT2D eigenvalue weighted by Crippen LogP contribution is 2.22. The van der Waals surface area contributed by atoms with E-state index in [0.717, 1.165) is 6.07 Å². The van der Waals surface area contributed by atoms with Gasteiger partial charge in [0.2, 0.25) is 5.91 Å². The molecule has 0 fully saturated rings. The van der Waals surface area contributed by atoms with Crippen molar-refractivity contribution in [1.82, 2.24) is 4.90 Å². The predicted octanol–water partition coefficient (Wildman–Crippen LogP) is 1.43. The smallest absolute Gasteiger partial charge is 0.317 e. The summed E-state index contributed by atoms with van der Waals surface area (Å²) in [6.45, 7) is -0.343. The minimum atomic E-state index is -1.02. The number of carbonyl (C=O) groups is 2. The molecule has 0 unspecified atom stereocenters. The molecule has 0 aliphatic rings. The third kappa shape index (κ3) is 4.68. The second kappa shape index (κ2) is 6.32. The van der Waals surface area contributed by atoms with Crippen LogP contribution in [0.5, 0.6) is 0 Å². The molecule has 0 bridgehead atoms. The molecule has 7 heteroatoms. The number of anilines is 1. The lowest BCUT2D eigenvalue weighted by molar-refractivity contribution is -0.138. The van der Waals surface area contributed by atoms with Crippen molar-refractivity contribution in [1.29, 1.82) is 0 Å². The molecule has 18 heavy (non-hydrogen) atoms. The first kappa shape index (κ1) is 14.4. The summed E-state index contributed by atoms with van der Waals surface area (Å²) in [4.78, 5) is 23.3. The number of aliphatic carboxylic acids is 1. The third-order valence-corrected chi connectivity index (χ3v) is 2.34. The molecule has 1 amide bonds. The van der Waals surface area contributed by atoms with Crippen molar-refractivity contribution in [2.45, 2.75) is 0 Å². The van der Waals surface area contributed by atoms with Crippen LogP contribution in [-0.4, -0.2) is 42.0 Å². The molecule has 5 nitrogen and oxygen atoms in total. The van der Waals surface area contributed by atoms with E-state index in [1.165, 1.54) is 24.1 Å². The first-order valence-corrected chi connectivity index (χ1v) is 5.41. The highest BCUT2D eigenvalue weighted by Gasteiger charge is 2.11. The van der Waals surface area contributed by atoms with Gasteiger partial charge in [0.1, 0.15) is 5.82 Å². The van der Waals surface area contributed by atoms with E-state index < -0.39 is 17.7 Å². The lowest BCUT2D eigenvalue weighted by atomic mass is 10.3. The summed E-state index contributed by atoms with van der Waals surface area (Å²) < 4.78 is 12.8. The van der Waals surface area contributed by atoms with Crippen LogP contribution in [0.2, 0.25) is 5.02 Å². The molecule has 0 spiro atoms. The van der Waals surface area contributed by atoms with E-state index in [2.05, 4.69) is 5.32 Å². The minimum Gasteiger partial charge on any atom is -0.480 e. The van der Waals surface area contributed by atoms with E-state index in [4.69, 9.17) is 16.7 Å². The Morgan fingerprint density at radius 3 is 2.67 bits per heavy atom. The molecule has 98 valence electrons. The maximum Gasteiger partial charge on any atom is 0.317 e. The molecule has 0 aliphatic heterocycles. The highest BCUT2D eigenvalue weighted by atomic mass is 35.5. The summed E-state index contributed by atoms with van der Waals surface area (Å²) in [6, 6.07) is 3.59. The number of halogens is 2. The van der Waals surface area contributed by atoms with Crippen molar-refractivity contribution in [2.75, 3.05) is 25.5 Å². The van der Waals surface area contributed by atoms with Gasteiger partial charge in [0.15, 0.2) is 0 Å². The largest absolute Gasteiger partial charge is 0.480 e. The molecular formula is C11H12ClFN2O3. The van der Waals surface area contributed by atoms with Gasteiger partial charge >= 0.3 is 5.97 Å². The fraction of sp³-hybridized carbons (Fsp3) is 0.273. The Morgan fingerprint density at radius 2 is 2.11 bits per heavy atom. The molecule has 0 atom stereocenters. The lowest BCUT2D eigenvalue weighted by Gasteiger charge is -2.14. The van der Waals surface area contributed by atoms with E-state index in [0.29, 0.717) is 0 Å². The average molecular weight is 275 g/mol. The molecular weight excluding hydrogens is 263 g/mol. The van der Waals surface area contributed by atoms with Gasteiger partial charge in [-0.1, -0.05) is 11.6 Å². The molecule has 1 aromatic rings. The van der Waals surface area contributed by atoms with Gasteiger partial charge in [-0.2, -0.15) is 0 Å². The van der Waals surface area contributed by atoms with E-state index in [9.17, 15) is 14.0 Å². The standard InChI is InChI=1S/C11H12ClFN2O3/c1-15(6-11(17)18)5-10(16)14-9-3-2-7(13)4-8(9)12/h2-4H,5-6H2,1H3,(H,14,16)(H,17,18). The number of hydrogen-bond acceptors (Lipinski definition) is 3. The summed E-state index contributed by atoms with van der Waals surface area (Å²) >= 11 is 5.73. The Balaban J connectivity index is 2.56. The summed E-state index contributed by atoms with van der Waals surface area (Å²) in [5.74, 6) is -1.95. The highest BCUT2D eigenvalue weighted by molar-refractivity contribution is 6.33. The molecule has 2 N–H and O–H groups in total. The van der Waals surface area contributed by atoms with Gasteiger partial charge in [-0.25, -0.2) is 4.39 Å². The summed E-state index contributed by atoms with van der Waals surface area (Å²) in [5, 5.41) is 11.1. The number of carboxylic acids is 1. The molecule has 0 aliphatic carbocycles. The number of benzene rings is 1. The normalized spacial score (nSPS) is 10.4. The van der Waals surface area contributed by atoms with E-state index in [-0.39, 0.29) is 23.8 Å². The van der Waals surface area contributed by atoms with Gasteiger partial charge < -0.3 is 10.4 Å². The number of nitrogens with zero attached hydrogens (tertiary/aromatic N) is 1. The number of amides is 1.